The second-order valence-electron chi connectivity index (χ2n) is 4.31. The first-order chi connectivity index (χ1) is 7.59. The third-order valence-corrected chi connectivity index (χ3v) is 2.95. The second-order valence-corrected chi connectivity index (χ2v) is 4.31. The summed E-state index contributed by atoms with van der Waals surface area (Å²) < 4.78 is 5.45. The zero-order valence-electron chi connectivity index (χ0n) is 9.95. The largest absolute Gasteiger partial charge is 0.467 e. The van der Waals surface area contributed by atoms with Gasteiger partial charge in [-0.2, -0.15) is 0 Å². The Labute approximate surface area is 96.1 Å². The van der Waals surface area contributed by atoms with Crippen molar-refractivity contribution < 1.29 is 4.42 Å². The van der Waals surface area contributed by atoms with E-state index in [1.165, 1.54) is 11.1 Å². The van der Waals surface area contributed by atoms with Gasteiger partial charge in [0.15, 0.2) is 0 Å². The van der Waals surface area contributed by atoms with E-state index in [1.54, 1.807) is 6.26 Å². The number of furan rings is 1. The molecule has 0 radical (unpaired) electrons. The van der Waals surface area contributed by atoms with Gasteiger partial charge in [0, 0.05) is 0 Å². The average molecular weight is 215 g/mol. The highest BCUT2D eigenvalue weighted by molar-refractivity contribution is 5.38. The standard InChI is InChI=1S/C14H17NO/c1-9-4-5-10(2)12(8-9)13(15)14-11(3)6-7-16-14/h4-8,13H,15H2,1-3H3. The Morgan fingerprint density at radius 2 is 1.81 bits per heavy atom. The Kier molecular flexibility index (Phi) is 2.84. The fourth-order valence-corrected chi connectivity index (χ4v) is 1.94. The van der Waals surface area contributed by atoms with Gasteiger partial charge in [0.25, 0.3) is 0 Å². The van der Waals surface area contributed by atoms with E-state index in [9.17, 15) is 0 Å². The molecule has 2 heteroatoms. The quantitative estimate of drug-likeness (QED) is 0.835. The first-order valence-corrected chi connectivity index (χ1v) is 5.46. The van der Waals surface area contributed by atoms with E-state index < -0.39 is 0 Å². The van der Waals surface area contributed by atoms with Crippen LogP contribution >= 0.6 is 0 Å². The number of benzene rings is 1. The van der Waals surface area contributed by atoms with Crippen LogP contribution in [-0.2, 0) is 0 Å². The predicted molar refractivity (Wildman–Crippen MR) is 65.4 cm³/mol. The van der Waals surface area contributed by atoms with Crippen molar-refractivity contribution in [2.75, 3.05) is 0 Å². The second kappa shape index (κ2) is 4.14. The molecule has 2 N–H and O–H groups in total. The molecule has 84 valence electrons. The first-order valence-electron chi connectivity index (χ1n) is 5.46. The molecule has 0 aliphatic rings. The van der Waals surface area contributed by atoms with Crippen LogP contribution in [0.4, 0.5) is 0 Å². The third kappa shape index (κ3) is 1.89. The van der Waals surface area contributed by atoms with E-state index in [1.807, 2.05) is 13.0 Å². The molecule has 2 nitrogen and oxygen atoms in total. The Balaban J connectivity index is 2.45. The number of rotatable bonds is 2. The minimum Gasteiger partial charge on any atom is -0.467 e. The third-order valence-electron chi connectivity index (χ3n) is 2.95. The maximum absolute atomic E-state index is 6.24. The van der Waals surface area contributed by atoms with Gasteiger partial charge >= 0.3 is 0 Å². The number of hydrogen-bond donors (Lipinski definition) is 1. The molecule has 0 bridgehead atoms. The van der Waals surface area contributed by atoms with Gasteiger partial charge < -0.3 is 10.2 Å². The van der Waals surface area contributed by atoms with Gasteiger partial charge in [-0.1, -0.05) is 23.8 Å². The minimum atomic E-state index is -0.171. The van der Waals surface area contributed by atoms with E-state index in [0.29, 0.717) is 0 Å². The first kappa shape index (κ1) is 11.0. The maximum Gasteiger partial charge on any atom is 0.127 e. The molecular formula is C14H17NO. The molecule has 2 aromatic rings. The van der Waals surface area contributed by atoms with Gasteiger partial charge in [0.2, 0.25) is 0 Å². The normalized spacial score (nSPS) is 12.8. The van der Waals surface area contributed by atoms with Crippen LogP contribution in [-0.4, -0.2) is 0 Å². The summed E-state index contributed by atoms with van der Waals surface area (Å²) in [4.78, 5) is 0. The van der Waals surface area contributed by atoms with Crippen molar-refractivity contribution in [3.05, 3.63) is 58.5 Å². The average Bonchev–Trinajstić information content (AvgIpc) is 2.67. The molecule has 1 aromatic carbocycles. The highest BCUT2D eigenvalue weighted by atomic mass is 16.3. The Morgan fingerprint density at radius 1 is 1.06 bits per heavy atom. The van der Waals surface area contributed by atoms with Crippen molar-refractivity contribution in [3.8, 4) is 0 Å². The molecule has 0 amide bonds. The van der Waals surface area contributed by atoms with Gasteiger partial charge in [-0.25, -0.2) is 0 Å². The number of hydrogen-bond acceptors (Lipinski definition) is 2. The van der Waals surface area contributed by atoms with Gasteiger partial charge in [-0.15, -0.1) is 0 Å². The number of nitrogens with two attached hydrogens (primary N) is 1. The summed E-state index contributed by atoms with van der Waals surface area (Å²) in [6, 6.07) is 8.10. The molecule has 0 aliphatic heterocycles. The Hall–Kier alpha value is -1.54. The molecule has 2 rings (SSSR count). The molecule has 0 aliphatic carbocycles. The van der Waals surface area contributed by atoms with E-state index in [0.717, 1.165) is 16.9 Å². The monoisotopic (exact) mass is 215 g/mol. The minimum absolute atomic E-state index is 0.171. The van der Waals surface area contributed by atoms with E-state index in [2.05, 4.69) is 32.0 Å². The molecule has 0 saturated heterocycles. The topological polar surface area (TPSA) is 39.2 Å². The lowest BCUT2D eigenvalue weighted by atomic mass is 9.96. The Bertz CT molecular complexity index is 499. The van der Waals surface area contributed by atoms with Gasteiger partial charge in [0.1, 0.15) is 5.76 Å². The van der Waals surface area contributed by atoms with E-state index in [4.69, 9.17) is 10.2 Å². The molecule has 16 heavy (non-hydrogen) atoms. The van der Waals surface area contributed by atoms with E-state index >= 15 is 0 Å². The SMILES string of the molecule is Cc1ccc(C)c(C(N)c2occc2C)c1. The summed E-state index contributed by atoms with van der Waals surface area (Å²) in [6.07, 6.45) is 1.69. The molecule has 0 saturated carbocycles. The van der Waals surface area contributed by atoms with Gasteiger partial charge in [-0.05, 0) is 43.5 Å². The van der Waals surface area contributed by atoms with Gasteiger partial charge in [-0.3, -0.25) is 0 Å². The van der Waals surface area contributed by atoms with Crippen molar-refractivity contribution >= 4 is 0 Å². The molecule has 1 unspecified atom stereocenters. The maximum atomic E-state index is 6.24. The summed E-state index contributed by atoms with van der Waals surface area (Å²) in [6.45, 7) is 6.17. The molecule has 0 fully saturated rings. The van der Waals surface area contributed by atoms with Crippen molar-refractivity contribution in [2.45, 2.75) is 26.8 Å². The van der Waals surface area contributed by atoms with Crippen LogP contribution in [0.25, 0.3) is 0 Å². The number of aryl methyl sites for hydroxylation is 3. The fourth-order valence-electron chi connectivity index (χ4n) is 1.94. The highest BCUT2D eigenvalue weighted by Crippen LogP contribution is 2.26. The molecule has 1 heterocycles. The fraction of sp³-hybridized carbons (Fsp3) is 0.286. The molecule has 1 atom stereocenters. The van der Waals surface area contributed by atoms with Crippen molar-refractivity contribution in [1.82, 2.24) is 0 Å². The van der Waals surface area contributed by atoms with Gasteiger partial charge in [0.05, 0.1) is 12.3 Å². The zero-order chi connectivity index (χ0) is 11.7. The van der Waals surface area contributed by atoms with Crippen LogP contribution in [0, 0.1) is 20.8 Å². The van der Waals surface area contributed by atoms with Crippen molar-refractivity contribution in [3.63, 3.8) is 0 Å². The smallest absolute Gasteiger partial charge is 0.127 e. The van der Waals surface area contributed by atoms with Crippen LogP contribution in [0.1, 0.15) is 34.1 Å². The lowest BCUT2D eigenvalue weighted by Crippen LogP contribution is -2.13. The van der Waals surface area contributed by atoms with Crippen LogP contribution < -0.4 is 5.73 Å². The summed E-state index contributed by atoms with van der Waals surface area (Å²) in [5, 5.41) is 0. The van der Waals surface area contributed by atoms with Crippen LogP contribution in [0.3, 0.4) is 0 Å². The lowest BCUT2D eigenvalue weighted by molar-refractivity contribution is 0.486. The summed E-state index contributed by atoms with van der Waals surface area (Å²) >= 11 is 0. The molecule has 1 aromatic heterocycles. The summed E-state index contributed by atoms with van der Waals surface area (Å²) in [7, 11) is 0. The van der Waals surface area contributed by atoms with E-state index in [-0.39, 0.29) is 6.04 Å². The predicted octanol–water partition coefficient (Wildman–Crippen LogP) is 3.25. The van der Waals surface area contributed by atoms with Crippen LogP contribution in [0.2, 0.25) is 0 Å². The summed E-state index contributed by atoms with van der Waals surface area (Å²) in [5.41, 5.74) is 10.9. The summed E-state index contributed by atoms with van der Waals surface area (Å²) in [5.74, 6) is 0.855. The molecule has 0 spiro atoms. The van der Waals surface area contributed by atoms with Crippen LogP contribution in [0.15, 0.2) is 34.9 Å². The lowest BCUT2D eigenvalue weighted by Gasteiger charge is -2.14. The molecular weight excluding hydrogens is 198 g/mol. The zero-order valence-corrected chi connectivity index (χ0v) is 9.95. The Morgan fingerprint density at radius 3 is 2.44 bits per heavy atom. The van der Waals surface area contributed by atoms with Crippen molar-refractivity contribution in [1.29, 1.82) is 0 Å². The highest BCUT2D eigenvalue weighted by Gasteiger charge is 2.16. The van der Waals surface area contributed by atoms with Crippen molar-refractivity contribution in [2.24, 2.45) is 5.73 Å². The van der Waals surface area contributed by atoms with Crippen LogP contribution in [0.5, 0.6) is 0 Å².